The fourth-order valence-corrected chi connectivity index (χ4v) is 2.77. The Morgan fingerprint density at radius 3 is 2.89 bits per heavy atom. The predicted octanol–water partition coefficient (Wildman–Crippen LogP) is 1.89. The van der Waals surface area contributed by atoms with Crippen molar-refractivity contribution in [3.63, 3.8) is 0 Å². The molecule has 0 aromatic heterocycles. The molecule has 1 aliphatic heterocycles. The van der Waals surface area contributed by atoms with E-state index in [1.165, 1.54) is 5.56 Å². The van der Waals surface area contributed by atoms with E-state index in [2.05, 4.69) is 41.4 Å². The summed E-state index contributed by atoms with van der Waals surface area (Å²) in [6.07, 6.45) is 0.948. The van der Waals surface area contributed by atoms with Crippen molar-refractivity contribution in [2.45, 2.75) is 31.8 Å². The van der Waals surface area contributed by atoms with Gasteiger partial charge in [0.2, 0.25) is 0 Å². The van der Waals surface area contributed by atoms with Crippen molar-refractivity contribution in [3.8, 4) is 0 Å². The molecule has 19 heavy (non-hydrogen) atoms. The maximum atomic E-state index is 10.7. The van der Waals surface area contributed by atoms with Gasteiger partial charge in [-0.1, -0.05) is 30.3 Å². The first kappa shape index (κ1) is 14.0. The molecule has 0 saturated carbocycles. The largest absolute Gasteiger partial charge is 0.481 e. The Morgan fingerprint density at radius 2 is 2.21 bits per heavy atom. The first-order valence-electron chi connectivity index (χ1n) is 6.91. The summed E-state index contributed by atoms with van der Waals surface area (Å²) < 4.78 is 0. The summed E-state index contributed by atoms with van der Waals surface area (Å²) in [6.45, 7) is 5.03. The highest BCUT2D eigenvalue weighted by molar-refractivity contribution is 5.66. The number of benzene rings is 1. The smallest absolute Gasteiger partial charge is 0.303 e. The summed E-state index contributed by atoms with van der Waals surface area (Å²) in [5.41, 5.74) is 1.30. The summed E-state index contributed by atoms with van der Waals surface area (Å²) >= 11 is 0. The first-order chi connectivity index (χ1) is 9.18. The van der Waals surface area contributed by atoms with Gasteiger partial charge in [-0.3, -0.25) is 9.69 Å². The molecule has 1 fully saturated rings. The molecule has 4 heteroatoms. The molecule has 2 atom stereocenters. The molecule has 0 bridgehead atoms. The molecule has 1 heterocycles. The first-order valence-corrected chi connectivity index (χ1v) is 6.91. The molecule has 1 aliphatic rings. The molecule has 2 unspecified atom stereocenters. The van der Waals surface area contributed by atoms with Gasteiger partial charge in [0, 0.05) is 38.1 Å². The quantitative estimate of drug-likeness (QED) is 0.851. The average molecular weight is 262 g/mol. The third kappa shape index (κ3) is 3.78. The Morgan fingerprint density at radius 1 is 1.47 bits per heavy atom. The maximum Gasteiger partial charge on any atom is 0.303 e. The molecule has 2 rings (SSSR count). The molecular formula is C15H22N2O2. The Bertz CT molecular complexity index is 408. The highest BCUT2D eigenvalue weighted by atomic mass is 16.4. The number of rotatable bonds is 5. The van der Waals surface area contributed by atoms with Crippen molar-refractivity contribution in [1.82, 2.24) is 10.2 Å². The van der Waals surface area contributed by atoms with E-state index >= 15 is 0 Å². The van der Waals surface area contributed by atoms with Crippen LogP contribution in [-0.4, -0.2) is 41.7 Å². The minimum atomic E-state index is -0.710. The van der Waals surface area contributed by atoms with Gasteiger partial charge in [0.25, 0.3) is 0 Å². The standard InChI is InChI=1S/C15H22N2O2/c1-12(13-5-3-2-4-6-13)17-10-9-16-11-14(17)7-8-15(18)19/h2-6,12,14,16H,7-11H2,1H3,(H,18,19). The molecule has 4 nitrogen and oxygen atoms in total. The summed E-state index contributed by atoms with van der Waals surface area (Å²) in [4.78, 5) is 13.2. The number of aliphatic carboxylic acids is 1. The minimum absolute atomic E-state index is 0.240. The molecule has 0 amide bonds. The van der Waals surface area contributed by atoms with Crippen molar-refractivity contribution in [2.24, 2.45) is 0 Å². The molecule has 2 N–H and O–H groups in total. The van der Waals surface area contributed by atoms with Crippen molar-refractivity contribution in [3.05, 3.63) is 35.9 Å². The van der Waals surface area contributed by atoms with E-state index in [-0.39, 0.29) is 6.42 Å². The lowest BCUT2D eigenvalue weighted by Gasteiger charge is -2.40. The highest BCUT2D eigenvalue weighted by Crippen LogP contribution is 2.24. The van der Waals surface area contributed by atoms with Crippen LogP contribution in [-0.2, 0) is 4.79 Å². The normalized spacial score (nSPS) is 22.1. The predicted molar refractivity (Wildman–Crippen MR) is 75.1 cm³/mol. The molecule has 1 aromatic rings. The average Bonchev–Trinajstić information content (AvgIpc) is 2.45. The van der Waals surface area contributed by atoms with Gasteiger partial charge in [0.05, 0.1) is 0 Å². The second kappa shape index (κ2) is 6.68. The van der Waals surface area contributed by atoms with Crippen molar-refractivity contribution < 1.29 is 9.90 Å². The topological polar surface area (TPSA) is 52.6 Å². The molecule has 0 radical (unpaired) electrons. The zero-order valence-electron chi connectivity index (χ0n) is 11.4. The zero-order valence-corrected chi connectivity index (χ0v) is 11.4. The zero-order chi connectivity index (χ0) is 13.7. The number of hydrogen-bond acceptors (Lipinski definition) is 3. The molecule has 1 saturated heterocycles. The van der Waals surface area contributed by atoms with Crippen molar-refractivity contribution in [2.75, 3.05) is 19.6 Å². The Hall–Kier alpha value is -1.39. The molecule has 0 aliphatic carbocycles. The van der Waals surface area contributed by atoms with Gasteiger partial charge in [-0.05, 0) is 18.9 Å². The van der Waals surface area contributed by atoms with Crippen LogP contribution in [0.3, 0.4) is 0 Å². The van der Waals surface area contributed by atoms with Crippen LogP contribution < -0.4 is 5.32 Å². The van der Waals surface area contributed by atoms with E-state index in [9.17, 15) is 4.79 Å². The third-order valence-corrected chi connectivity index (χ3v) is 3.87. The van der Waals surface area contributed by atoms with Crippen molar-refractivity contribution >= 4 is 5.97 Å². The molecular weight excluding hydrogens is 240 g/mol. The van der Waals surface area contributed by atoms with Crippen LogP contribution >= 0.6 is 0 Å². The maximum absolute atomic E-state index is 10.7. The number of nitrogens with one attached hydrogen (secondary N) is 1. The second-order valence-corrected chi connectivity index (χ2v) is 5.11. The summed E-state index contributed by atoms with van der Waals surface area (Å²) in [7, 11) is 0. The Labute approximate surface area is 114 Å². The monoisotopic (exact) mass is 262 g/mol. The lowest BCUT2D eigenvalue weighted by molar-refractivity contribution is -0.137. The van der Waals surface area contributed by atoms with Gasteiger partial charge in [-0.2, -0.15) is 0 Å². The minimum Gasteiger partial charge on any atom is -0.481 e. The number of nitrogens with zero attached hydrogens (tertiary/aromatic N) is 1. The van der Waals surface area contributed by atoms with Gasteiger partial charge in [-0.25, -0.2) is 0 Å². The van der Waals surface area contributed by atoms with Crippen LogP contribution in [0.15, 0.2) is 30.3 Å². The Kier molecular flexibility index (Phi) is 4.93. The summed E-state index contributed by atoms with van der Waals surface area (Å²) in [6, 6.07) is 11.1. The molecule has 104 valence electrons. The Balaban J connectivity index is 2.04. The van der Waals surface area contributed by atoms with E-state index < -0.39 is 5.97 Å². The summed E-state index contributed by atoms with van der Waals surface area (Å²) in [5, 5.41) is 12.2. The SMILES string of the molecule is CC(c1ccccc1)N1CCNCC1CCC(=O)O. The number of carboxylic acid groups (broad SMARTS) is 1. The van der Waals surface area contributed by atoms with Gasteiger partial charge in [0.15, 0.2) is 0 Å². The van der Waals surface area contributed by atoms with E-state index in [1.807, 2.05) is 6.07 Å². The van der Waals surface area contributed by atoms with Crippen LogP contribution in [0.2, 0.25) is 0 Å². The van der Waals surface area contributed by atoms with E-state index in [0.29, 0.717) is 18.5 Å². The fraction of sp³-hybridized carbons (Fsp3) is 0.533. The number of carbonyl (C=O) groups is 1. The van der Waals surface area contributed by atoms with E-state index in [4.69, 9.17) is 5.11 Å². The van der Waals surface area contributed by atoms with Crippen LogP contribution in [0.1, 0.15) is 31.4 Å². The fourth-order valence-electron chi connectivity index (χ4n) is 2.77. The molecule has 1 aromatic carbocycles. The van der Waals surface area contributed by atoms with Crippen molar-refractivity contribution in [1.29, 1.82) is 0 Å². The lowest BCUT2D eigenvalue weighted by Crippen LogP contribution is -2.52. The second-order valence-electron chi connectivity index (χ2n) is 5.11. The number of hydrogen-bond donors (Lipinski definition) is 2. The summed E-state index contributed by atoms with van der Waals surface area (Å²) in [5.74, 6) is -0.710. The van der Waals surface area contributed by atoms with E-state index in [0.717, 1.165) is 19.6 Å². The van der Waals surface area contributed by atoms with Gasteiger partial charge >= 0.3 is 5.97 Å². The third-order valence-electron chi connectivity index (χ3n) is 3.87. The number of carboxylic acids is 1. The van der Waals surface area contributed by atoms with Crippen LogP contribution in [0.5, 0.6) is 0 Å². The highest BCUT2D eigenvalue weighted by Gasteiger charge is 2.27. The van der Waals surface area contributed by atoms with Gasteiger partial charge < -0.3 is 10.4 Å². The lowest BCUT2D eigenvalue weighted by atomic mass is 10.0. The van der Waals surface area contributed by atoms with Crippen LogP contribution in [0.25, 0.3) is 0 Å². The van der Waals surface area contributed by atoms with Gasteiger partial charge in [0.1, 0.15) is 0 Å². The number of piperazine rings is 1. The van der Waals surface area contributed by atoms with Crippen LogP contribution in [0, 0.1) is 0 Å². The van der Waals surface area contributed by atoms with E-state index in [1.54, 1.807) is 0 Å². The van der Waals surface area contributed by atoms with Gasteiger partial charge in [-0.15, -0.1) is 0 Å². The van der Waals surface area contributed by atoms with Crippen LogP contribution in [0.4, 0.5) is 0 Å². The molecule has 0 spiro atoms.